The molecule has 0 aliphatic carbocycles. The molecule has 0 radical (unpaired) electrons. The molecule has 6 heteroatoms. The minimum Gasteiger partial charge on any atom is -0.307 e. The molecule has 3 aromatic carbocycles. The lowest BCUT2D eigenvalue weighted by atomic mass is 10.1. The molecule has 0 fully saturated rings. The topological polar surface area (TPSA) is 66.4 Å². The van der Waals surface area contributed by atoms with Crippen molar-refractivity contribution in [3.63, 3.8) is 0 Å². The van der Waals surface area contributed by atoms with Crippen LogP contribution in [0.15, 0.2) is 84.9 Å². The SMILES string of the molecule is CCN(C(=O)c1ccc2ccc3ccc(C(=O)N(CC)c4ccccc4C)nc3c2n1)c1ccccc1C. The first-order valence-corrected chi connectivity index (χ1v) is 12.9. The van der Waals surface area contributed by atoms with E-state index in [4.69, 9.17) is 9.97 Å². The lowest BCUT2D eigenvalue weighted by Gasteiger charge is -2.23. The van der Waals surface area contributed by atoms with E-state index in [0.29, 0.717) is 35.5 Å². The van der Waals surface area contributed by atoms with E-state index >= 15 is 0 Å². The summed E-state index contributed by atoms with van der Waals surface area (Å²) in [7, 11) is 0. The maximum absolute atomic E-state index is 13.6. The Morgan fingerprint density at radius 1 is 0.579 bits per heavy atom. The van der Waals surface area contributed by atoms with Crippen LogP contribution in [0.3, 0.4) is 0 Å². The highest BCUT2D eigenvalue weighted by Crippen LogP contribution is 2.27. The van der Waals surface area contributed by atoms with Gasteiger partial charge in [0.25, 0.3) is 11.8 Å². The van der Waals surface area contributed by atoms with Crippen molar-refractivity contribution in [2.45, 2.75) is 27.7 Å². The molecule has 0 N–H and O–H groups in total. The van der Waals surface area contributed by atoms with Crippen LogP contribution in [-0.4, -0.2) is 34.9 Å². The van der Waals surface area contributed by atoms with Crippen molar-refractivity contribution in [3.8, 4) is 0 Å². The summed E-state index contributed by atoms with van der Waals surface area (Å²) in [4.78, 5) is 40.2. The smallest absolute Gasteiger partial charge is 0.276 e. The van der Waals surface area contributed by atoms with E-state index in [1.165, 1.54) is 0 Å². The second kappa shape index (κ2) is 10.4. The average molecular weight is 503 g/mol. The summed E-state index contributed by atoms with van der Waals surface area (Å²) in [6, 6.07) is 26.9. The van der Waals surface area contributed by atoms with E-state index in [2.05, 4.69) is 0 Å². The Hall–Kier alpha value is -4.58. The second-order valence-electron chi connectivity index (χ2n) is 9.27. The van der Waals surface area contributed by atoms with Crippen molar-refractivity contribution in [3.05, 3.63) is 107 Å². The van der Waals surface area contributed by atoms with Crippen LogP contribution in [0.2, 0.25) is 0 Å². The first kappa shape index (κ1) is 25.1. The number of rotatable bonds is 6. The predicted molar refractivity (Wildman–Crippen MR) is 154 cm³/mol. The monoisotopic (exact) mass is 502 g/mol. The largest absolute Gasteiger partial charge is 0.307 e. The maximum Gasteiger partial charge on any atom is 0.276 e. The van der Waals surface area contributed by atoms with Crippen LogP contribution in [-0.2, 0) is 0 Å². The van der Waals surface area contributed by atoms with Crippen molar-refractivity contribution in [2.24, 2.45) is 0 Å². The van der Waals surface area contributed by atoms with E-state index in [1.807, 2.05) is 100 Å². The molecule has 0 bridgehead atoms. The number of benzene rings is 3. The minimum absolute atomic E-state index is 0.176. The Balaban J connectivity index is 1.59. The van der Waals surface area contributed by atoms with Gasteiger partial charge in [-0.05, 0) is 63.1 Å². The fourth-order valence-corrected chi connectivity index (χ4v) is 4.86. The predicted octanol–water partition coefficient (Wildman–Crippen LogP) is 6.73. The zero-order valence-corrected chi connectivity index (χ0v) is 22.1. The quantitative estimate of drug-likeness (QED) is 0.241. The fourth-order valence-electron chi connectivity index (χ4n) is 4.86. The number of fused-ring (bicyclic) bond motifs is 3. The highest BCUT2D eigenvalue weighted by atomic mass is 16.2. The number of hydrogen-bond acceptors (Lipinski definition) is 4. The van der Waals surface area contributed by atoms with Crippen LogP contribution >= 0.6 is 0 Å². The summed E-state index contributed by atoms with van der Waals surface area (Å²) >= 11 is 0. The van der Waals surface area contributed by atoms with Gasteiger partial charge in [-0.2, -0.15) is 0 Å². The summed E-state index contributed by atoms with van der Waals surface area (Å²) in [5.41, 5.74) is 5.64. The fraction of sp³-hybridized carbons (Fsp3) is 0.188. The summed E-state index contributed by atoms with van der Waals surface area (Å²) in [6.45, 7) is 8.92. The van der Waals surface area contributed by atoms with E-state index < -0.39 is 0 Å². The van der Waals surface area contributed by atoms with Gasteiger partial charge in [-0.1, -0.05) is 60.7 Å². The molecule has 2 heterocycles. The average Bonchev–Trinajstić information content (AvgIpc) is 2.95. The highest BCUT2D eigenvalue weighted by Gasteiger charge is 2.22. The molecule has 0 aliphatic rings. The van der Waals surface area contributed by atoms with Gasteiger partial charge in [0.2, 0.25) is 0 Å². The number of amides is 2. The molecule has 190 valence electrons. The molecular weight excluding hydrogens is 472 g/mol. The Labute approximate surface area is 222 Å². The van der Waals surface area contributed by atoms with E-state index in [1.54, 1.807) is 21.9 Å². The number of para-hydroxylation sites is 2. The molecular formula is C32H30N4O2. The third-order valence-electron chi connectivity index (χ3n) is 6.89. The number of aromatic nitrogens is 2. The molecule has 0 saturated carbocycles. The Bertz CT molecular complexity index is 1550. The molecule has 0 atom stereocenters. The van der Waals surface area contributed by atoms with Crippen LogP contribution in [0, 0.1) is 13.8 Å². The van der Waals surface area contributed by atoms with Crippen molar-refractivity contribution >= 4 is 45.0 Å². The van der Waals surface area contributed by atoms with Crippen molar-refractivity contribution in [2.75, 3.05) is 22.9 Å². The molecule has 0 unspecified atom stereocenters. The van der Waals surface area contributed by atoms with Crippen LogP contribution < -0.4 is 9.80 Å². The third-order valence-corrected chi connectivity index (χ3v) is 6.89. The number of carbonyl (C=O) groups excluding carboxylic acids is 2. The van der Waals surface area contributed by atoms with Crippen LogP contribution in [0.4, 0.5) is 11.4 Å². The van der Waals surface area contributed by atoms with Gasteiger partial charge in [0.1, 0.15) is 11.4 Å². The van der Waals surface area contributed by atoms with Gasteiger partial charge < -0.3 is 9.80 Å². The summed E-state index contributed by atoms with van der Waals surface area (Å²) in [5.74, 6) is -0.353. The maximum atomic E-state index is 13.6. The summed E-state index contributed by atoms with van der Waals surface area (Å²) in [5, 5.41) is 1.72. The van der Waals surface area contributed by atoms with Gasteiger partial charge in [-0.3, -0.25) is 9.59 Å². The van der Waals surface area contributed by atoms with Gasteiger partial charge in [0, 0.05) is 35.2 Å². The number of pyridine rings is 2. The number of anilines is 2. The van der Waals surface area contributed by atoms with Crippen molar-refractivity contribution in [1.29, 1.82) is 0 Å². The first-order chi connectivity index (χ1) is 18.4. The number of nitrogens with zero attached hydrogens (tertiary/aromatic N) is 4. The zero-order chi connectivity index (χ0) is 26.8. The number of aryl methyl sites for hydroxylation is 2. The number of hydrogen-bond donors (Lipinski definition) is 0. The number of carbonyl (C=O) groups is 2. The Morgan fingerprint density at radius 2 is 0.947 bits per heavy atom. The van der Waals surface area contributed by atoms with Crippen molar-refractivity contribution < 1.29 is 9.59 Å². The van der Waals surface area contributed by atoms with E-state index in [0.717, 1.165) is 33.3 Å². The lowest BCUT2D eigenvalue weighted by molar-refractivity contribution is 0.0976. The van der Waals surface area contributed by atoms with E-state index in [9.17, 15) is 9.59 Å². The minimum atomic E-state index is -0.176. The Kier molecular flexibility index (Phi) is 6.88. The molecule has 5 aromatic rings. The molecule has 0 aliphatic heterocycles. The molecule has 38 heavy (non-hydrogen) atoms. The van der Waals surface area contributed by atoms with Crippen LogP contribution in [0.25, 0.3) is 21.8 Å². The molecule has 0 saturated heterocycles. The molecule has 0 spiro atoms. The normalized spacial score (nSPS) is 11.1. The zero-order valence-electron chi connectivity index (χ0n) is 22.1. The van der Waals surface area contributed by atoms with Gasteiger partial charge >= 0.3 is 0 Å². The summed E-state index contributed by atoms with van der Waals surface area (Å²) in [6.07, 6.45) is 0. The third kappa shape index (κ3) is 4.50. The molecule has 6 nitrogen and oxygen atoms in total. The van der Waals surface area contributed by atoms with Gasteiger partial charge in [-0.25, -0.2) is 9.97 Å². The van der Waals surface area contributed by atoms with Crippen LogP contribution in [0.5, 0.6) is 0 Å². The van der Waals surface area contributed by atoms with Gasteiger partial charge in [0.05, 0.1) is 11.0 Å². The molecule has 5 rings (SSSR count). The van der Waals surface area contributed by atoms with Gasteiger partial charge in [-0.15, -0.1) is 0 Å². The lowest BCUT2D eigenvalue weighted by Crippen LogP contribution is -2.32. The van der Waals surface area contributed by atoms with Gasteiger partial charge in [0.15, 0.2) is 0 Å². The van der Waals surface area contributed by atoms with Crippen molar-refractivity contribution in [1.82, 2.24) is 9.97 Å². The molecule has 2 aromatic heterocycles. The van der Waals surface area contributed by atoms with E-state index in [-0.39, 0.29) is 11.8 Å². The first-order valence-electron chi connectivity index (χ1n) is 12.9. The second-order valence-corrected chi connectivity index (χ2v) is 9.27. The Morgan fingerprint density at radius 3 is 1.32 bits per heavy atom. The highest BCUT2D eigenvalue weighted by molar-refractivity contribution is 6.11. The standard InChI is InChI=1S/C32H30N4O2/c1-5-35(27-13-9-7-11-21(27)3)31(37)25-19-17-23-15-16-24-18-20-26(34-30(24)29(23)33-25)32(38)36(6-2)28-14-10-8-12-22(28)4/h7-20H,5-6H2,1-4H3. The summed E-state index contributed by atoms with van der Waals surface area (Å²) < 4.78 is 0. The van der Waals surface area contributed by atoms with Crippen LogP contribution in [0.1, 0.15) is 46.0 Å². The molecule has 2 amide bonds.